The molecule has 1 aromatic rings. The lowest BCUT2D eigenvalue weighted by Crippen LogP contribution is -2.47. The number of benzene rings is 1. The molecule has 1 atom stereocenters. The van der Waals surface area contributed by atoms with Gasteiger partial charge in [-0.1, -0.05) is 29.3 Å². The van der Waals surface area contributed by atoms with Crippen LogP contribution in [0, 0.1) is 13.8 Å². The second kappa shape index (κ2) is 6.72. The Morgan fingerprint density at radius 2 is 2.00 bits per heavy atom. The number of nitrogens with zero attached hydrogens (tertiary/aromatic N) is 1. The maximum absolute atomic E-state index is 12.1. The average Bonchev–Trinajstić information content (AvgIpc) is 2.40. The Morgan fingerprint density at radius 3 is 2.62 bits per heavy atom. The molecule has 1 aromatic carbocycles. The number of rotatable bonds is 4. The second-order valence-corrected chi connectivity index (χ2v) is 5.58. The number of morpholine rings is 1. The molecule has 0 saturated carbocycles. The van der Waals surface area contributed by atoms with Gasteiger partial charge in [0.05, 0.1) is 19.2 Å². The van der Waals surface area contributed by atoms with Crippen molar-refractivity contribution in [3.8, 4) is 0 Å². The van der Waals surface area contributed by atoms with Gasteiger partial charge in [-0.2, -0.15) is 0 Å². The average molecular weight is 290 g/mol. The van der Waals surface area contributed by atoms with E-state index in [4.69, 9.17) is 4.74 Å². The normalized spacial score (nSPS) is 16.7. The largest absolute Gasteiger partial charge is 0.370 e. The number of nitrogens with one attached hydrogen (secondary N) is 1. The van der Waals surface area contributed by atoms with Gasteiger partial charge in [-0.25, -0.2) is 0 Å². The molecule has 1 N–H and O–H groups in total. The van der Waals surface area contributed by atoms with Gasteiger partial charge in [-0.15, -0.1) is 0 Å². The Kier molecular flexibility index (Phi) is 4.96. The van der Waals surface area contributed by atoms with E-state index in [2.05, 4.69) is 23.5 Å². The molecule has 0 spiro atoms. The Morgan fingerprint density at radius 1 is 1.33 bits per heavy atom. The molecule has 114 valence electrons. The summed E-state index contributed by atoms with van der Waals surface area (Å²) in [4.78, 5) is 25.2. The number of amides is 2. The quantitative estimate of drug-likeness (QED) is 0.910. The van der Waals surface area contributed by atoms with E-state index >= 15 is 0 Å². The Hall–Kier alpha value is -1.88. The van der Waals surface area contributed by atoms with Crippen LogP contribution in [0.25, 0.3) is 0 Å². The fourth-order valence-corrected chi connectivity index (χ4v) is 2.52. The molecule has 2 rings (SSSR count). The van der Waals surface area contributed by atoms with E-state index in [1.165, 1.54) is 16.0 Å². The lowest BCUT2D eigenvalue weighted by atomic mass is 10.0. The number of ether oxygens (including phenoxy) is 1. The molecular formula is C16H22N2O3. The predicted molar refractivity (Wildman–Crippen MR) is 79.9 cm³/mol. The van der Waals surface area contributed by atoms with Crippen molar-refractivity contribution in [1.29, 1.82) is 0 Å². The SMILES string of the molecule is Cc1cc(C)cc(C(C)NC(=O)CN2CCOCC2=O)c1. The van der Waals surface area contributed by atoms with Crippen LogP contribution >= 0.6 is 0 Å². The van der Waals surface area contributed by atoms with E-state index in [1.807, 2.05) is 20.8 Å². The van der Waals surface area contributed by atoms with Crippen LogP contribution in [0.15, 0.2) is 18.2 Å². The van der Waals surface area contributed by atoms with Crippen molar-refractivity contribution in [2.24, 2.45) is 0 Å². The van der Waals surface area contributed by atoms with Crippen LogP contribution in [-0.2, 0) is 14.3 Å². The summed E-state index contributed by atoms with van der Waals surface area (Å²) < 4.78 is 5.05. The topological polar surface area (TPSA) is 58.6 Å². The zero-order valence-corrected chi connectivity index (χ0v) is 12.8. The highest BCUT2D eigenvalue weighted by molar-refractivity contribution is 5.85. The Labute approximate surface area is 125 Å². The first-order valence-electron chi connectivity index (χ1n) is 7.19. The van der Waals surface area contributed by atoms with Gasteiger partial charge in [0.15, 0.2) is 0 Å². The van der Waals surface area contributed by atoms with Crippen molar-refractivity contribution in [2.75, 3.05) is 26.3 Å². The first-order valence-corrected chi connectivity index (χ1v) is 7.19. The fourth-order valence-electron chi connectivity index (χ4n) is 2.52. The summed E-state index contributed by atoms with van der Waals surface area (Å²) in [5.41, 5.74) is 3.43. The third kappa shape index (κ3) is 4.29. The summed E-state index contributed by atoms with van der Waals surface area (Å²) in [6, 6.07) is 6.16. The van der Waals surface area contributed by atoms with Crippen LogP contribution in [0.2, 0.25) is 0 Å². The molecule has 1 heterocycles. The summed E-state index contributed by atoms with van der Waals surface area (Å²) in [7, 11) is 0. The third-order valence-corrected chi connectivity index (χ3v) is 3.54. The van der Waals surface area contributed by atoms with E-state index in [0.717, 1.165) is 5.56 Å². The van der Waals surface area contributed by atoms with Crippen LogP contribution in [0.3, 0.4) is 0 Å². The van der Waals surface area contributed by atoms with E-state index in [-0.39, 0.29) is 31.0 Å². The van der Waals surface area contributed by atoms with Gasteiger partial charge < -0.3 is 15.0 Å². The zero-order valence-electron chi connectivity index (χ0n) is 12.8. The number of carbonyl (C=O) groups excluding carboxylic acids is 2. The zero-order chi connectivity index (χ0) is 15.4. The lowest BCUT2D eigenvalue weighted by molar-refractivity contribution is -0.146. The van der Waals surface area contributed by atoms with E-state index in [0.29, 0.717) is 13.2 Å². The number of hydrogen-bond acceptors (Lipinski definition) is 3. The van der Waals surface area contributed by atoms with E-state index in [1.54, 1.807) is 0 Å². The molecule has 5 heteroatoms. The molecule has 0 aliphatic carbocycles. The maximum atomic E-state index is 12.1. The smallest absolute Gasteiger partial charge is 0.249 e. The monoisotopic (exact) mass is 290 g/mol. The van der Waals surface area contributed by atoms with Crippen molar-refractivity contribution in [1.82, 2.24) is 10.2 Å². The standard InChI is InChI=1S/C16H22N2O3/c1-11-6-12(2)8-14(7-11)13(3)17-15(19)9-18-4-5-21-10-16(18)20/h6-8,13H,4-5,9-10H2,1-3H3,(H,17,19). The summed E-state index contributed by atoms with van der Waals surface area (Å²) in [5.74, 6) is -0.271. The molecule has 1 unspecified atom stereocenters. The molecule has 1 aliphatic heterocycles. The Bertz CT molecular complexity index is 522. The van der Waals surface area contributed by atoms with Crippen LogP contribution in [0.1, 0.15) is 29.7 Å². The molecule has 0 aromatic heterocycles. The minimum atomic E-state index is -0.142. The molecule has 0 bridgehead atoms. The van der Waals surface area contributed by atoms with Crippen LogP contribution in [0.5, 0.6) is 0 Å². The molecular weight excluding hydrogens is 268 g/mol. The van der Waals surface area contributed by atoms with Gasteiger partial charge in [-0.3, -0.25) is 9.59 Å². The second-order valence-electron chi connectivity index (χ2n) is 5.58. The molecule has 1 aliphatic rings. The first kappa shape index (κ1) is 15.5. The van der Waals surface area contributed by atoms with Crippen molar-refractivity contribution in [2.45, 2.75) is 26.8 Å². The van der Waals surface area contributed by atoms with Crippen LogP contribution in [0.4, 0.5) is 0 Å². The summed E-state index contributed by atoms with van der Waals surface area (Å²) in [6.45, 7) is 7.16. The first-order chi connectivity index (χ1) is 9.95. The number of carbonyl (C=O) groups is 2. The van der Waals surface area contributed by atoms with Gasteiger partial charge in [-0.05, 0) is 26.3 Å². The third-order valence-electron chi connectivity index (χ3n) is 3.54. The molecule has 21 heavy (non-hydrogen) atoms. The van der Waals surface area contributed by atoms with Gasteiger partial charge in [0.25, 0.3) is 0 Å². The molecule has 1 saturated heterocycles. The molecule has 0 radical (unpaired) electrons. The van der Waals surface area contributed by atoms with E-state index in [9.17, 15) is 9.59 Å². The number of hydrogen-bond donors (Lipinski definition) is 1. The van der Waals surface area contributed by atoms with Gasteiger partial charge in [0, 0.05) is 6.54 Å². The Balaban J connectivity index is 1.93. The molecule has 1 fully saturated rings. The maximum Gasteiger partial charge on any atom is 0.249 e. The summed E-state index contributed by atoms with van der Waals surface area (Å²) in [6.07, 6.45) is 0. The van der Waals surface area contributed by atoms with Gasteiger partial charge in [0.2, 0.25) is 11.8 Å². The highest BCUT2D eigenvalue weighted by Gasteiger charge is 2.21. The molecule has 2 amide bonds. The van der Waals surface area contributed by atoms with Crippen molar-refractivity contribution < 1.29 is 14.3 Å². The number of aryl methyl sites for hydroxylation is 2. The minimum absolute atomic E-state index is 0.0694. The minimum Gasteiger partial charge on any atom is -0.370 e. The van der Waals surface area contributed by atoms with Gasteiger partial charge in [0.1, 0.15) is 6.61 Å². The van der Waals surface area contributed by atoms with Crippen molar-refractivity contribution in [3.63, 3.8) is 0 Å². The summed E-state index contributed by atoms with van der Waals surface area (Å²) in [5, 5.41) is 2.94. The van der Waals surface area contributed by atoms with Crippen LogP contribution < -0.4 is 5.32 Å². The summed E-state index contributed by atoms with van der Waals surface area (Å²) >= 11 is 0. The molecule has 5 nitrogen and oxygen atoms in total. The van der Waals surface area contributed by atoms with Crippen molar-refractivity contribution >= 4 is 11.8 Å². The van der Waals surface area contributed by atoms with E-state index < -0.39 is 0 Å². The predicted octanol–water partition coefficient (Wildman–Crippen LogP) is 1.34. The van der Waals surface area contributed by atoms with Gasteiger partial charge >= 0.3 is 0 Å². The fraction of sp³-hybridized carbons (Fsp3) is 0.500. The van der Waals surface area contributed by atoms with Crippen LogP contribution in [-0.4, -0.2) is 43.0 Å². The highest BCUT2D eigenvalue weighted by atomic mass is 16.5. The lowest BCUT2D eigenvalue weighted by Gasteiger charge is -2.27. The highest BCUT2D eigenvalue weighted by Crippen LogP contribution is 2.16. The van der Waals surface area contributed by atoms with Crippen molar-refractivity contribution in [3.05, 3.63) is 34.9 Å².